The number of carbonyl (C=O) groups is 2. The van der Waals surface area contributed by atoms with Crippen LogP contribution in [0.1, 0.15) is 12.8 Å². The standard InChI is InChI=1S/C16H10F5NO5S/c17-9-10(18)12(20)14(13(21)11(9)19)28(25,26)27-22-15(23)7-5-1-2-6(4-3-5)8(7)16(22)24/h1-2,5-8H,3-4H2. The van der Waals surface area contributed by atoms with E-state index in [-0.39, 0.29) is 16.9 Å². The van der Waals surface area contributed by atoms with Gasteiger partial charge in [-0.1, -0.05) is 12.2 Å². The van der Waals surface area contributed by atoms with Gasteiger partial charge in [-0.15, -0.1) is 9.35 Å². The van der Waals surface area contributed by atoms with Crippen LogP contribution < -0.4 is 0 Å². The number of imide groups is 1. The second-order valence-electron chi connectivity index (χ2n) is 6.74. The van der Waals surface area contributed by atoms with E-state index in [0.29, 0.717) is 12.8 Å². The summed E-state index contributed by atoms with van der Waals surface area (Å²) in [6, 6.07) is 0. The number of nitrogens with zero attached hydrogens (tertiary/aromatic N) is 1. The fourth-order valence-corrected chi connectivity index (χ4v) is 5.10. The Kier molecular flexibility index (Phi) is 4.12. The number of hydroxylamine groups is 2. The Morgan fingerprint density at radius 2 is 1.18 bits per heavy atom. The van der Waals surface area contributed by atoms with Crippen molar-refractivity contribution >= 4 is 21.9 Å². The molecule has 1 aromatic carbocycles. The summed E-state index contributed by atoms with van der Waals surface area (Å²) in [6.07, 6.45) is 4.62. The molecule has 1 saturated carbocycles. The van der Waals surface area contributed by atoms with Gasteiger partial charge in [0.2, 0.25) is 5.82 Å². The van der Waals surface area contributed by atoms with Crippen LogP contribution in [0, 0.1) is 52.8 Å². The van der Waals surface area contributed by atoms with Crippen molar-refractivity contribution in [2.45, 2.75) is 17.7 Å². The first kappa shape index (κ1) is 19.0. The van der Waals surface area contributed by atoms with Crippen molar-refractivity contribution in [2.75, 3.05) is 0 Å². The number of allylic oxidation sites excluding steroid dienone is 2. The van der Waals surface area contributed by atoms with Gasteiger partial charge in [0.05, 0.1) is 11.8 Å². The van der Waals surface area contributed by atoms with Crippen molar-refractivity contribution in [1.29, 1.82) is 0 Å². The quantitative estimate of drug-likeness (QED) is 0.245. The highest BCUT2D eigenvalue weighted by atomic mass is 32.2. The molecule has 150 valence electrons. The average Bonchev–Trinajstić information content (AvgIpc) is 2.92. The Hall–Kier alpha value is -2.34. The number of amides is 2. The van der Waals surface area contributed by atoms with Crippen molar-refractivity contribution in [3.05, 3.63) is 41.2 Å². The molecule has 4 atom stereocenters. The maximum atomic E-state index is 13.8. The van der Waals surface area contributed by atoms with Crippen molar-refractivity contribution in [2.24, 2.45) is 23.7 Å². The van der Waals surface area contributed by atoms with Gasteiger partial charge >= 0.3 is 10.1 Å². The molecule has 2 amide bonds. The van der Waals surface area contributed by atoms with E-state index in [9.17, 15) is 40.0 Å². The van der Waals surface area contributed by atoms with Crippen LogP contribution in [0.25, 0.3) is 0 Å². The number of halogens is 5. The zero-order chi connectivity index (χ0) is 20.5. The van der Waals surface area contributed by atoms with Gasteiger partial charge in [-0.2, -0.15) is 8.42 Å². The highest BCUT2D eigenvalue weighted by Gasteiger charge is 2.58. The molecular formula is C16H10F5NO5S. The van der Waals surface area contributed by atoms with Crippen molar-refractivity contribution in [1.82, 2.24) is 5.06 Å². The van der Waals surface area contributed by atoms with Gasteiger partial charge in [0.15, 0.2) is 28.2 Å². The fourth-order valence-electron chi connectivity index (χ4n) is 4.06. The van der Waals surface area contributed by atoms with Gasteiger partial charge in [0.25, 0.3) is 11.8 Å². The molecule has 5 rings (SSSR count). The first-order valence-electron chi connectivity index (χ1n) is 8.08. The molecule has 28 heavy (non-hydrogen) atoms. The molecule has 0 radical (unpaired) electrons. The smallest absolute Gasteiger partial charge is 0.272 e. The fraction of sp³-hybridized carbons (Fsp3) is 0.375. The lowest BCUT2D eigenvalue weighted by atomic mass is 9.63. The monoisotopic (exact) mass is 423 g/mol. The third-order valence-electron chi connectivity index (χ3n) is 5.31. The lowest BCUT2D eigenvalue weighted by molar-refractivity contribution is -0.165. The van der Waals surface area contributed by atoms with Crippen LogP contribution in [0.2, 0.25) is 0 Å². The Labute approximate surface area is 154 Å². The summed E-state index contributed by atoms with van der Waals surface area (Å²) >= 11 is 0. The SMILES string of the molecule is O=C1C2C3C=CC(CC3)C2C(=O)N1OS(=O)(=O)c1c(F)c(F)c(F)c(F)c1F. The first-order valence-corrected chi connectivity index (χ1v) is 9.49. The zero-order valence-electron chi connectivity index (χ0n) is 13.7. The summed E-state index contributed by atoms with van der Waals surface area (Å²) in [7, 11) is -5.72. The third-order valence-corrected chi connectivity index (χ3v) is 6.51. The predicted octanol–water partition coefficient (Wildman–Crippen LogP) is 2.20. The summed E-state index contributed by atoms with van der Waals surface area (Å²) in [6.45, 7) is 0. The predicted molar refractivity (Wildman–Crippen MR) is 78.7 cm³/mol. The molecule has 2 fully saturated rings. The van der Waals surface area contributed by atoms with E-state index in [1.807, 2.05) is 0 Å². The number of hydrogen-bond acceptors (Lipinski definition) is 5. The maximum absolute atomic E-state index is 13.8. The van der Waals surface area contributed by atoms with Crippen LogP contribution in [0.4, 0.5) is 22.0 Å². The van der Waals surface area contributed by atoms with Crippen LogP contribution in [0.5, 0.6) is 0 Å². The molecule has 1 saturated heterocycles. The highest BCUT2D eigenvalue weighted by molar-refractivity contribution is 7.86. The second-order valence-corrected chi connectivity index (χ2v) is 8.21. The number of hydrogen-bond donors (Lipinski definition) is 0. The number of benzene rings is 1. The number of carbonyl (C=O) groups excluding carboxylic acids is 2. The van der Waals surface area contributed by atoms with E-state index in [1.165, 1.54) is 0 Å². The summed E-state index contributed by atoms with van der Waals surface area (Å²) in [4.78, 5) is 22.7. The summed E-state index contributed by atoms with van der Waals surface area (Å²) in [5, 5.41) is -0.152. The molecule has 1 heterocycles. The topological polar surface area (TPSA) is 80.8 Å². The molecule has 4 unspecified atom stereocenters. The zero-order valence-corrected chi connectivity index (χ0v) is 14.5. The Morgan fingerprint density at radius 3 is 1.57 bits per heavy atom. The molecule has 2 bridgehead atoms. The van der Waals surface area contributed by atoms with Crippen molar-refractivity contribution < 1.29 is 44.2 Å². The molecule has 4 aliphatic rings. The number of fused-ring (bicyclic) bond motifs is 1. The normalized spacial score (nSPS) is 29.0. The van der Waals surface area contributed by atoms with Crippen LogP contribution in [0.15, 0.2) is 17.0 Å². The van der Waals surface area contributed by atoms with E-state index in [2.05, 4.69) is 4.28 Å². The van der Waals surface area contributed by atoms with Gasteiger partial charge in [0, 0.05) is 0 Å². The van der Waals surface area contributed by atoms with Gasteiger partial charge in [-0.25, -0.2) is 22.0 Å². The van der Waals surface area contributed by atoms with Crippen LogP contribution >= 0.6 is 0 Å². The third kappa shape index (κ3) is 2.43. The molecule has 3 aliphatic carbocycles. The molecule has 1 aliphatic heterocycles. The highest BCUT2D eigenvalue weighted by Crippen LogP contribution is 2.50. The van der Waals surface area contributed by atoms with E-state index >= 15 is 0 Å². The van der Waals surface area contributed by atoms with Crippen LogP contribution in [-0.2, 0) is 24.0 Å². The molecule has 0 N–H and O–H groups in total. The van der Waals surface area contributed by atoms with Gasteiger partial charge in [-0.3, -0.25) is 9.59 Å². The minimum atomic E-state index is -5.72. The molecule has 0 aromatic heterocycles. The summed E-state index contributed by atoms with van der Waals surface area (Å²) in [5.74, 6) is -17.4. The molecule has 0 spiro atoms. The Balaban J connectivity index is 1.73. The average molecular weight is 423 g/mol. The molecule has 6 nitrogen and oxygen atoms in total. The van der Waals surface area contributed by atoms with Gasteiger partial charge < -0.3 is 0 Å². The van der Waals surface area contributed by atoms with Gasteiger partial charge in [-0.05, 0) is 24.7 Å². The van der Waals surface area contributed by atoms with E-state index < -0.39 is 67.7 Å². The Morgan fingerprint density at radius 1 is 0.786 bits per heavy atom. The molecule has 1 aromatic rings. The number of rotatable bonds is 3. The maximum Gasteiger partial charge on any atom is 0.324 e. The van der Waals surface area contributed by atoms with Crippen molar-refractivity contribution in [3.8, 4) is 0 Å². The van der Waals surface area contributed by atoms with E-state index in [0.717, 1.165) is 0 Å². The summed E-state index contributed by atoms with van der Waals surface area (Å²) in [5.41, 5.74) is 0. The van der Waals surface area contributed by atoms with E-state index in [4.69, 9.17) is 0 Å². The second kappa shape index (κ2) is 6.08. The largest absolute Gasteiger partial charge is 0.324 e. The Bertz CT molecular complexity index is 995. The summed E-state index contributed by atoms with van der Waals surface area (Å²) < 4.78 is 96.1. The van der Waals surface area contributed by atoms with Crippen molar-refractivity contribution in [3.63, 3.8) is 0 Å². The van der Waals surface area contributed by atoms with Crippen LogP contribution in [-0.4, -0.2) is 25.3 Å². The van der Waals surface area contributed by atoms with Gasteiger partial charge in [0.1, 0.15) is 0 Å². The lowest BCUT2D eigenvalue weighted by Gasteiger charge is -2.37. The van der Waals surface area contributed by atoms with E-state index in [1.54, 1.807) is 12.2 Å². The molecule has 12 heteroatoms. The van der Waals surface area contributed by atoms with Crippen LogP contribution in [0.3, 0.4) is 0 Å². The minimum absolute atomic E-state index is 0.152. The molecular weight excluding hydrogens is 413 g/mol. The first-order chi connectivity index (χ1) is 13.1. The lowest BCUT2D eigenvalue weighted by Crippen LogP contribution is -2.38. The minimum Gasteiger partial charge on any atom is -0.272 e.